The summed E-state index contributed by atoms with van der Waals surface area (Å²) in [5.74, 6) is 0.697. The van der Waals surface area contributed by atoms with E-state index in [4.69, 9.17) is 11.6 Å². The molecule has 0 amide bonds. The van der Waals surface area contributed by atoms with Gasteiger partial charge >= 0.3 is 0 Å². The lowest BCUT2D eigenvalue weighted by Gasteiger charge is -2.17. The highest BCUT2D eigenvalue weighted by Crippen LogP contribution is 2.34. The number of halogens is 1. The van der Waals surface area contributed by atoms with Crippen LogP contribution in [0, 0.1) is 5.92 Å². The molecule has 118 valence electrons. The summed E-state index contributed by atoms with van der Waals surface area (Å²) in [6.07, 6.45) is 4.20. The maximum absolute atomic E-state index is 12.5. The summed E-state index contributed by atoms with van der Waals surface area (Å²) in [5.41, 5.74) is 0.789. The fourth-order valence-electron chi connectivity index (χ4n) is 2.39. The molecular weight excluding hydrogens is 308 g/mol. The van der Waals surface area contributed by atoms with Crippen molar-refractivity contribution in [3.8, 4) is 0 Å². The van der Waals surface area contributed by atoms with Crippen molar-refractivity contribution in [1.82, 2.24) is 10.0 Å². The Bertz CT molecular complexity index is 585. The largest absolute Gasteiger partial charge is 0.316 e. The summed E-state index contributed by atoms with van der Waals surface area (Å²) in [6, 6.07) is 4.87. The Balaban J connectivity index is 2.15. The number of nitrogens with one attached hydrogen (secondary N) is 2. The van der Waals surface area contributed by atoms with Crippen LogP contribution in [0.4, 0.5) is 0 Å². The Hall–Kier alpha value is -0.620. The van der Waals surface area contributed by atoms with E-state index < -0.39 is 10.0 Å². The summed E-state index contributed by atoms with van der Waals surface area (Å²) in [4.78, 5) is 0.284. The van der Waals surface area contributed by atoms with Crippen molar-refractivity contribution in [1.29, 1.82) is 0 Å². The number of rotatable bonds is 8. The third-order valence-corrected chi connectivity index (χ3v) is 5.71. The van der Waals surface area contributed by atoms with Crippen molar-refractivity contribution in [2.24, 2.45) is 5.92 Å². The quantitative estimate of drug-likeness (QED) is 0.770. The van der Waals surface area contributed by atoms with Gasteiger partial charge in [0.1, 0.15) is 0 Å². The molecule has 1 fully saturated rings. The van der Waals surface area contributed by atoms with Crippen molar-refractivity contribution < 1.29 is 8.42 Å². The van der Waals surface area contributed by atoms with E-state index in [1.165, 1.54) is 12.8 Å². The molecule has 1 aliphatic rings. The first-order valence-electron chi connectivity index (χ1n) is 7.41. The topological polar surface area (TPSA) is 58.2 Å². The Labute approximate surface area is 132 Å². The zero-order valence-electron chi connectivity index (χ0n) is 12.5. The van der Waals surface area contributed by atoms with E-state index in [-0.39, 0.29) is 10.9 Å². The van der Waals surface area contributed by atoms with Gasteiger partial charge in [-0.1, -0.05) is 31.4 Å². The van der Waals surface area contributed by atoms with Gasteiger partial charge in [-0.3, -0.25) is 0 Å². The van der Waals surface area contributed by atoms with Crippen LogP contribution in [0.3, 0.4) is 0 Å². The Morgan fingerprint density at radius 1 is 1.38 bits per heavy atom. The Morgan fingerprint density at radius 2 is 2.10 bits per heavy atom. The van der Waals surface area contributed by atoms with E-state index in [1.54, 1.807) is 25.2 Å². The third kappa shape index (κ3) is 4.68. The molecule has 1 aromatic carbocycles. The van der Waals surface area contributed by atoms with Gasteiger partial charge in [0, 0.05) is 17.6 Å². The van der Waals surface area contributed by atoms with Crippen LogP contribution < -0.4 is 10.0 Å². The minimum absolute atomic E-state index is 0.0194. The molecule has 0 radical (unpaired) electrons. The number of hydrogen-bond acceptors (Lipinski definition) is 3. The monoisotopic (exact) mass is 330 g/mol. The van der Waals surface area contributed by atoms with E-state index in [1.807, 2.05) is 6.92 Å². The predicted octanol–water partition coefficient (Wildman–Crippen LogP) is 2.92. The van der Waals surface area contributed by atoms with E-state index in [0.29, 0.717) is 17.5 Å². The van der Waals surface area contributed by atoms with Gasteiger partial charge in [-0.05, 0) is 49.6 Å². The molecule has 2 N–H and O–H groups in total. The summed E-state index contributed by atoms with van der Waals surface area (Å²) in [5, 5.41) is 3.57. The average Bonchev–Trinajstić information content (AvgIpc) is 3.24. The molecule has 0 aromatic heterocycles. The Morgan fingerprint density at radius 3 is 2.67 bits per heavy atom. The van der Waals surface area contributed by atoms with Crippen LogP contribution >= 0.6 is 11.6 Å². The molecule has 1 atom stereocenters. The summed E-state index contributed by atoms with van der Waals surface area (Å²) in [7, 11) is -1.68. The second-order valence-electron chi connectivity index (χ2n) is 5.69. The van der Waals surface area contributed by atoms with Crippen LogP contribution in [-0.4, -0.2) is 21.5 Å². The first-order valence-corrected chi connectivity index (χ1v) is 9.27. The van der Waals surface area contributed by atoms with Crippen molar-refractivity contribution in [2.45, 2.75) is 50.1 Å². The maximum Gasteiger partial charge on any atom is 0.240 e. The average molecular weight is 331 g/mol. The van der Waals surface area contributed by atoms with Gasteiger partial charge < -0.3 is 5.32 Å². The molecule has 2 rings (SSSR count). The molecule has 0 spiro atoms. The highest BCUT2D eigenvalue weighted by Gasteiger charge is 2.27. The van der Waals surface area contributed by atoms with E-state index in [0.717, 1.165) is 18.4 Å². The lowest BCUT2D eigenvalue weighted by Crippen LogP contribution is -2.34. The molecule has 0 heterocycles. The molecular formula is C15H23ClN2O2S. The highest BCUT2D eigenvalue weighted by molar-refractivity contribution is 7.89. The second kappa shape index (κ2) is 7.09. The van der Waals surface area contributed by atoms with Gasteiger partial charge in [-0.15, -0.1) is 0 Å². The highest BCUT2D eigenvalue weighted by atomic mass is 35.5. The zero-order chi connectivity index (χ0) is 15.5. The normalized spacial score (nSPS) is 16.9. The molecule has 6 heteroatoms. The maximum atomic E-state index is 12.5. The third-order valence-electron chi connectivity index (χ3n) is 3.82. The Kier molecular flexibility index (Phi) is 5.66. The van der Waals surface area contributed by atoms with Crippen LogP contribution in [0.1, 0.15) is 38.2 Å². The van der Waals surface area contributed by atoms with E-state index in [2.05, 4.69) is 10.0 Å². The summed E-state index contributed by atoms with van der Waals surface area (Å²) >= 11 is 6.08. The lowest BCUT2D eigenvalue weighted by molar-refractivity contribution is 0.495. The minimum Gasteiger partial charge on any atom is -0.316 e. The van der Waals surface area contributed by atoms with Gasteiger partial charge in [0.15, 0.2) is 0 Å². The molecule has 21 heavy (non-hydrogen) atoms. The zero-order valence-corrected chi connectivity index (χ0v) is 14.1. The number of benzene rings is 1. The van der Waals surface area contributed by atoms with Crippen LogP contribution in [-0.2, 0) is 16.6 Å². The molecule has 1 aromatic rings. The summed E-state index contributed by atoms with van der Waals surface area (Å²) < 4.78 is 27.8. The molecule has 0 bridgehead atoms. The molecule has 1 aliphatic carbocycles. The summed E-state index contributed by atoms with van der Waals surface area (Å²) in [6.45, 7) is 2.56. The first kappa shape index (κ1) is 16.7. The minimum atomic E-state index is -3.48. The standard InChI is InChI=1S/C15H23ClN2O2S/c1-3-13(8-11-4-5-11)18-21(19,20)14-6-7-15(16)12(9-14)10-17-2/h6-7,9,11,13,17-18H,3-5,8,10H2,1-2H3. The molecule has 0 aliphatic heterocycles. The fraction of sp³-hybridized carbons (Fsp3) is 0.600. The van der Waals surface area contributed by atoms with Crippen molar-refractivity contribution in [2.75, 3.05) is 7.05 Å². The molecule has 1 unspecified atom stereocenters. The molecule has 4 nitrogen and oxygen atoms in total. The van der Waals surface area contributed by atoms with Gasteiger partial charge in [0.05, 0.1) is 4.90 Å². The lowest BCUT2D eigenvalue weighted by atomic mass is 10.1. The van der Waals surface area contributed by atoms with Crippen LogP contribution in [0.25, 0.3) is 0 Å². The SMILES string of the molecule is CCC(CC1CC1)NS(=O)(=O)c1ccc(Cl)c(CNC)c1. The van der Waals surface area contributed by atoms with Gasteiger partial charge in [0.25, 0.3) is 0 Å². The first-order chi connectivity index (χ1) is 9.96. The van der Waals surface area contributed by atoms with Crippen LogP contribution in [0.5, 0.6) is 0 Å². The van der Waals surface area contributed by atoms with Crippen LogP contribution in [0.2, 0.25) is 5.02 Å². The molecule has 1 saturated carbocycles. The predicted molar refractivity (Wildman–Crippen MR) is 86.0 cm³/mol. The smallest absolute Gasteiger partial charge is 0.240 e. The molecule has 0 saturated heterocycles. The van der Waals surface area contributed by atoms with E-state index >= 15 is 0 Å². The number of sulfonamides is 1. The van der Waals surface area contributed by atoms with Gasteiger partial charge in [0.2, 0.25) is 10.0 Å². The van der Waals surface area contributed by atoms with Crippen molar-refractivity contribution in [3.05, 3.63) is 28.8 Å². The second-order valence-corrected chi connectivity index (χ2v) is 7.81. The van der Waals surface area contributed by atoms with Gasteiger partial charge in [-0.25, -0.2) is 13.1 Å². The van der Waals surface area contributed by atoms with Crippen LogP contribution in [0.15, 0.2) is 23.1 Å². The number of hydrogen-bond donors (Lipinski definition) is 2. The van der Waals surface area contributed by atoms with Crippen molar-refractivity contribution in [3.63, 3.8) is 0 Å². The fourth-order valence-corrected chi connectivity index (χ4v) is 3.95. The van der Waals surface area contributed by atoms with Crippen molar-refractivity contribution >= 4 is 21.6 Å². The van der Waals surface area contributed by atoms with Gasteiger partial charge in [-0.2, -0.15) is 0 Å². The van der Waals surface area contributed by atoms with E-state index in [9.17, 15) is 8.42 Å².